The van der Waals surface area contributed by atoms with Crippen LogP contribution in [-0.2, 0) is 6.42 Å². The zero-order chi connectivity index (χ0) is 13.6. The van der Waals surface area contributed by atoms with Crippen molar-refractivity contribution < 1.29 is 9.47 Å². The molecule has 0 aromatic heterocycles. The lowest BCUT2D eigenvalue weighted by Gasteiger charge is -2.26. The lowest BCUT2D eigenvalue weighted by molar-refractivity contribution is 0.227. The van der Waals surface area contributed by atoms with E-state index in [0.717, 1.165) is 31.1 Å². The number of fused-ring (bicyclic) bond motifs is 1. The van der Waals surface area contributed by atoms with Crippen LogP contribution in [0.15, 0.2) is 54.6 Å². The van der Waals surface area contributed by atoms with Crippen LogP contribution in [-0.4, -0.2) is 25.8 Å². The summed E-state index contributed by atoms with van der Waals surface area (Å²) in [5, 5.41) is 3.48. The van der Waals surface area contributed by atoms with Gasteiger partial charge >= 0.3 is 0 Å². The standard InChI is InChI=1S/C17H19NO2/c1-2-7-16(8-3-1)19-11-10-18-15-12-14-6-4-5-9-17(14)20-13-15/h1-9,15,18H,10-13H2. The fraction of sp³-hybridized carbons (Fsp3) is 0.294. The van der Waals surface area contributed by atoms with Gasteiger partial charge in [0.25, 0.3) is 0 Å². The first kappa shape index (κ1) is 13.0. The van der Waals surface area contributed by atoms with Gasteiger partial charge in [-0.05, 0) is 30.2 Å². The topological polar surface area (TPSA) is 30.5 Å². The Morgan fingerprint density at radius 1 is 1.05 bits per heavy atom. The number of ether oxygens (including phenoxy) is 2. The highest BCUT2D eigenvalue weighted by molar-refractivity contribution is 5.35. The molecule has 2 aromatic rings. The number of hydrogen-bond acceptors (Lipinski definition) is 3. The van der Waals surface area contributed by atoms with Crippen molar-refractivity contribution in [3.05, 3.63) is 60.2 Å². The van der Waals surface area contributed by atoms with Crippen molar-refractivity contribution in [2.45, 2.75) is 12.5 Å². The second kappa shape index (κ2) is 6.44. The maximum Gasteiger partial charge on any atom is 0.122 e. The number of para-hydroxylation sites is 2. The van der Waals surface area contributed by atoms with Gasteiger partial charge in [-0.2, -0.15) is 0 Å². The van der Waals surface area contributed by atoms with Crippen LogP contribution in [0.1, 0.15) is 5.56 Å². The zero-order valence-corrected chi connectivity index (χ0v) is 11.4. The predicted molar refractivity (Wildman–Crippen MR) is 79.4 cm³/mol. The molecule has 0 fully saturated rings. The quantitative estimate of drug-likeness (QED) is 0.847. The molecule has 1 atom stereocenters. The van der Waals surface area contributed by atoms with Gasteiger partial charge in [0.2, 0.25) is 0 Å². The van der Waals surface area contributed by atoms with Gasteiger partial charge in [-0.15, -0.1) is 0 Å². The summed E-state index contributed by atoms with van der Waals surface area (Å²) in [6.07, 6.45) is 1.02. The van der Waals surface area contributed by atoms with E-state index in [2.05, 4.69) is 17.4 Å². The molecular formula is C17H19NO2. The zero-order valence-electron chi connectivity index (χ0n) is 11.4. The number of hydrogen-bond donors (Lipinski definition) is 1. The number of rotatable bonds is 5. The minimum atomic E-state index is 0.365. The van der Waals surface area contributed by atoms with Crippen molar-refractivity contribution >= 4 is 0 Å². The Kier molecular flexibility index (Phi) is 4.19. The Balaban J connectivity index is 1.42. The van der Waals surface area contributed by atoms with Crippen molar-refractivity contribution in [2.24, 2.45) is 0 Å². The lowest BCUT2D eigenvalue weighted by atomic mass is 10.0. The molecule has 0 spiro atoms. The van der Waals surface area contributed by atoms with Gasteiger partial charge in [-0.1, -0.05) is 36.4 Å². The van der Waals surface area contributed by atoms with Crippen LogP contribution in [0.4, 0.5) is 0 Å². The van der Waals surface area contributed by atoms with Crippen molar-refractivity contribution in [3.8, 4) is 11.5 Å². The van der Waals surface area contributed by atoms with Crippen LogP contribution in [0.5, 0.6) is 11.5 Å². The first-order valence-corrected chi connectivity index (χ1v) is 7.04. The summed E-state index contributed by atoms with van der Waals surface area (Å²) in [6, 6.07) is 18.5. The Labute approximate surface area is 119 Å². The van der Waals surface area contributed by atoms with Crippen LogP contribution in [0.3, 0.4) is 0 Å². The molecule has 0 aliphatic carbocycles. The molecule has 1 unspecified atom stereocenters. The molecule has 104 valence electrons. The largest absolute Gasteiger partial charge is 0.492 e. The monoisotopic (exact) mass is 269 g/mol. The van der Waals surface area contributed by atoms with Crippen molar-refractivity contribution in [1.82, 2.24) is 5.32 Å². The Morgan fingerprint density at radius 2 is 1.85 bits per heavy atom. The second-order valence-corrected chi connectivity index (χ2v) is 4.94. The van der Waals surface area contributed by atoms with Gasteiger partial charge in [0.15, 0.2) is 0 Å². The SMILES string of the molecule is c1ccc(OCCNC2COc3ccccc3C2)cc1. The normalized spacial score (nSPS) is 17.1. The van der Waals surface area contributed by atoms with E-state index in [9.17, 15) is 0 Å². The van der Waals surface area contributed by atoms with Crippen LogP contribution in [0, 0.1) is 0 Å². The van der Waals surface area contributed by atoms with E-state index in [1.54, 1.807) is 0 Å². The van der Waals surface area contributed by atoms with E-state index >= 15 is 0 Å². The van der Waals surface area contributed by atoms with E-state index < -0.39 is 0 Å². The third kappa shape index (κ3) is 3.31. The first-order valence-electron chi connectivity index (χ1n) is 7.04. The third-order valence-corrected chi connectivity index (χ3v) is 3.43. The van der Waals surface area contributed by atoms with Crippen molar-refractivity contribution in [1.29, 1.82) is 0 Å². The van der Waals surface area contributed by atoms with E-state index in [0.29, 0.717) is 12.6 Å². The van der Waals surface area contributed by atoms with E-state index in [1.807, 2.05) is 42.5 Å². The molecule has 3 heteroatoms. The van der Waals surface area contributed by atoms with Gasteiger partial charge < -0.3 is 14.8 Å². The van der Waals surface area contributed by atoms with Gasteiger partial charge in [-0.25, -0.2) is 0 Å². The molecule has 1 N–H and O–H groups in total. The molecule has 1 aliphatic heterocycles. The fourth-order valence-electron chi connectivity index (χ4n) is 2.41. The average Bonchev–Trinajstić information content (AvgIpc) is 2.52. The second-order valence-electron chi connectivity index (χ2n) is 4.94. The molecule has 0 saturated heterocycles. The molecule has 0 saturated carbocycles. The molecule has 20 heavy (non-hydrogen) atoms. The van der Waals surface area contributed by atoms with Crippen LogP contribution >= 0.6 is 0 Å². The van der Waals surface area contributed by atoms with Crippen LogP contribution in [0.2, 0.25) is 0 Å². The molecule has 0 amide bonds. The van der Waals surface area contributed by atoms with E-state index in [1.165, 1.54) is 5.56 Å². The highest BCUT2D eigenvalue weighted by Crippen LogP contribution is 2.23. The minimum Gasteiger partial charge on any atom is -0.492 e. The Bertz CT molecular complexity index is 542. The molecule has 1 aliphatic rings. The molecule has 3 nitrogen and oxygen atoms in total. The average molecular weight is 269 g/mol. The smallest absolute Gasteiger partial charge is 0.122 e. The molecule has 0 radical (unpaired) electrons. The highest BCUT2D eigenvalue weighted by atomic mass is 16.5. The first-order chi connectivity index (χ1) is 9.92. The molecule has 3 rings (SSSR count). The van der Waals surface area contributed by atoms with E-state index in [-0.39, 0.29) is 0 Å². The Hall–Kier alpha value is -2.00. The summed E-state index contributed by atoms with van der Waals surface area (Å²) in [6.45, 7) is 2.22. The van der Waals surface area contributed by atoms with Gasteiger partial charge in [0, 0.05) is 12.6 Å². The summed E-state index contributed by atoms with van der Waals surface area (Å²) in [4.78, 5) is 0. The minimum absolute atomic E-state index is 0.365. The fourth-order valence-corrected chi connectivity index (χ4v) is 2.41. The van der Waals surface area contributed by atoms with Gasteiger partial charge in [0.1, 0.15) is 24.7 Å². The molecular weight excluding hydrogens is 250 g/mol. The molecule has 1 heterocycles. The summed E-state index contributed by atoms with van der Waals surface area (Å²) < 4.78 is 11.4. The predicted octanol–water partition coefficient (Wildman–Crippen LogP) is 2.66. The van der Waals surface area contributed by atoms with Crippen LogP contribution < -0.4 is 14.8 Å². The summed E-state index contributed by atoms with van der Waals surface area (Å²) >= 11 is 0. The highest BCUT2D eigenvalue weighted by Gasteiger charge is 2.18. The lowest BCUT2D eigenvalue weighted by Crippen LogP contribution is -2.41. The number of nitrogens with one attached hydrogen (secondary N) is 1. The van der Waals surface area contributed by atoms with Crippen LogP contribution in [0.25, 0.3) is 0 Å². The van der Waals surface area contributed by atoms with Crippen molar-refractivity contribution in [3.63, 3.8) is 0 Å². The summed E-state index contributed by atoms with van der Waals surface area (Å²) in [5.74, 6) is 1.94. The van der Waals surface area contributed by atoms with Gasteiger partial charge in [0.05, 0.1) is 0 Å². The summed E-state index contributed by atoms with van der Waals surface area (Å²) in [5.41, 5.74) is 1.28. The maximum atomic E-state index is 5.75. The third-order valence-electron chi connectivity index (χ3n) is 3.43. The number of benzene rings is 2. The Morgan fingerprint density at radius 3 is 2.75 bits per heavy atom. The maximum absolute atomic E-state index is 5.75. The van der Waals surface area contributed by atoms with Gasteiger partial charge in [-0.3, -0.25) is 0 Å². The summed E-state index contributed by atoms with van der Waals surface area (Å²) in [7, 11) is 0. The molecule has 2 aromatic carbocycles. The van der Waals surface area contributed by atoms with E-state index in [4.69, 9.17) is 9.47 Å². The van der Waals surface area contributed by atoms with Crippen molar-refractivity contribution in [2.75, 3.05) is 19.8 Å². The molecule has 0 bridgehead atoms.